The molecule has 2 rings (SSSR count). The average molecular weight is 236 g/mol. The van der Waals surface area contributed by atoms with Gasteiger partial charge in [0, 0.05) is 38.1 Å². The lowest BCUT2D eigenvalue weighted by Crippen LogP contribution is -2.28. The second-order valence-electron chi connectivity index (χ2n) is 4.33. The summed E-state index contributed by atoms with van der Waals surface area (Å²) < 4.78 is 10.5. The smallest absolute Gasteiger partial charge is 0.212 e. The van der Waals surface area contributed by atoms with Gasteiger partial charge in [-0.3, -0.25) is 0 Å². The van der Waals surface area contributed by atoms with Gasteiger partial charge in [0.25, 0.3) is 0 Å². The largest absolute Gasteiger partial charge is 0.481 e. The van der Waals surface area contributed by atoms with Crippen molar-refractivity contribution in [1.29, 1.82) is 0 Å². The Hall–Kier alpha value is -1.13. The zero-order valence-corrected chi connectivity index (χ0v) is 10.3. The summed E-state index contributed by atoms with van der Waals surface area (Å²) in [5.74, 6) is 0.664. The molecule has 1 unspecified atom stereocenters. The lowest BCUT2D eigenvalue weighted by molar-refractivity contribution is 0.142. The highest BCUT2D eigenvalue weighted by Crippen LogP contribution is 2.10. The van der Waals surface area contributed by atoms with E-state index in [-0.39, 0.29) is 0 Å². The lowest BCUT2D eigenvalue weighted by Gasteiger charge is -2.15. The van der Waals surface area contributed by atoms with Crippen LogP contribution in [-0.4, -0.2) is 31.3 Å². The maximum Gasteiger partial charge on any atom is 0.212 e. The molecular weight excluding hydrogens is 216 g/mol. The van der Waals surface area contributed by atoms with Crippen LogP contribution < -0.4 is 10.1 Å². The van der Waals surface area contributed by atoms with Crippen LogP contribution >= 0.6 is 0 Å². The quantitative estimate of drug-likeness (QED) is 0.865. The summed E-state index contributed by atoms with van der Waals surface area (Å²) >= 11 is 0. The van der Waals surface area contributed by atoms with E-state index in [1.165, 1.54) is 12.0 Å². The van der Waals surface area contributed by atoms with E-state index in [0.717, 1.165) is 32.6 Å². The van der Waals surface area contributed by atoms with Gasteiger partial charge in [-0.2, -0.15) is 0 Å². The molecule has 0 bridgehead atoms. The molecule has 1 aliphatic rings. The van der Waals surface area contributed by atoms with Crippen molar-refractivity contribution in [2.45, 2.75) is 31.8 Å². The lowest BCUT2D eigenvalue weighted by atomic mass is 10.1. The van der Waals surface area contributed by atoms with E-state index in [1.54, 1.807) is 7.11 Å². The molecule has 0 spiro atoms. The van der Waals surface area contributed by atoms with E-state index in [4.69, 9.17) is 9.47 Å². The van der Waals surface area contributed by atoms with Crippen molar-refractivity contribution >= 4 is 0 Å². The van der Waals surface area contributed by atoms with Crippen molar-refractivity contribution in [3.63, 3.8) is 0 Å². The first-order chi connectivity index (χ1) is 8.38. The summed E-state index contributed by atoms with van der Waals surface area (Å²) in [6.45, 7) is 2.64. The molecule has 1 saturated heterocycles. The molecule has 0 saturated carbocycles. The van der Waals surface area contributed by atoms with E-state index in [2.05, 4.69) is 10.3 Å². The molecule has 0 amide bonds. The van der Waals surface area contributed by atoms with E-state index in [1.807, 2.05) is 18.3 Å². The first-order valence-electron chi connectivity index (χ1n) is 6.18. The van der Waals surface area contributed by atoms with Gasteiger partial charge >= 0.3 is 0 Å². The van der Waals surface area contributed by atoms with Crippen molar-refractivity contribution in [2.24, 2.45) is 0 Å². The number of pyridine rings is 1. The van der Waals surface area contributed by atoms with E-state index < -0.39 is 0 Å². The zero-order chi connectivity index (χ0) is 11.9. The van der Waals surface area contributed by atoms with Gasteiger partial charge in [-0.25, -0.2) is 4.98 Å². The molecule has 0 aromatic carbocycles. The Morgan fingerprint density at radius 1 is 1.41 bits per heavy atom. The van der Waals surface area contributed by atoms with Crippen LogP contribution in [0.4, 0.5) is 0 Å². The molecule has 17 heavy (non-hydrogen) atoms. The van der Waals surface area contributed by atoms with E-state index in [0.29, 0.717) is 11.9 Å². The molecule has 1 fully saturated rings. The van der Waals surface area contributed by atoms with E-state index >= 15 is 0 Å². The third-order valence-electron chi connectivity index (χ3n) is 3.05. The fraction of sp³-hybridized carbons (Fsp3) is 0.615. The highest BCUT2D eigenvalue weighted by atomic mass is 16.5. The van der Waals surface area contributed by atoms with Crippen LogP contribution in [0.1, 0.15) is 24.8 Å². The second-order valence-corrected chi connectivity index (χ2v) is 4.33. The Morgan fingerprint density at radius 3 is 3.12 bits per heavy atom. The molecule has 4 heteroatoms. The summed E-state index contributed by atoms with van der Waals surface area (Å²) in [5.41, 5.74) is 1.19. The minimum absolute atomic E-state index is 0.569. The van der Waals surface area contributed by atoms with Crippen molar-refractivity contribution < 1.29 is 9.47 Å². The van der Waals surface area contributed by atoms with Crippen LogP contribution in [0.5, 0.6) is 5.88 Å². The second kappa shape index (κ2) is 6.57. The molecule has 1 aliphatic heterocycles. The van der Waals surface area contributed by atoms with Gasteiger partial charge in [0.15, 0.2) is 0 Å². The summed E-state index contributed by atoms with van der Waals surface area (Å²) in [4.78, 5) is 4.19. The summed E-state index contributed by atoms with van der Waals surface area (Å²) in [6, 6.07) is 4.51. The number of nitrogens with zero attached hydrogens (tertiary/aromatic N) is 1. The van der Waals surface area contributed by atoms with Gasteiger partial charge in [0.2, 0.25) is 5.88 Å². The minimum atomic E-state index is 0.569. The molecular formula is C13H20N2O2. The standard InChI is InChI=1S/C13H20N2O2/c1-16-13-5-4-11(10-15-13)9-14-12-3-2-7-17-8-6-12/h4-5,10,12,14H,2-3,6-9H2,1H3. The predicted molar refractivity (Wildman–Crippen MR) is 66.1 cm³/mol. The van der Waals surface area contributed by atoms with Crippen LogP contribution in [0.25, 0.3) is 0 Å². The van der Waals surface area contributed by atoms with Crippen molar-refractivity contribution in [1.82, 2.24) is 10.3 Å². The molecule has 0 aliphatic carbocycles. The van der Waals surface area contributed by atoms with Gasteiger partial charge in [-0.1, -0.05) is 6.07 Å². The number of rotatable bonds is 4. The van der Waals surface area contributed by atoms with Crippen LogP contribution in [0.2, 0.25) is 0 Å². The molecule has 2 heterocycles. The zero-order valence-electron chi connectivity index (χ0n) is 10.3. The number of aromatic nitrogens is 1. The normalized spacial score (nSPS) is 20.9. The summed E-state index contributed by atoms with van der Waals surface area (Å²) in [6.07, 6.45) is 5.31. The highest BCUT2D eigenvalue weighted by molar-refractivity contribution is 5.17. The molecule has 1 N–H and O–H groups in total. The molecule has 94 valence electrons. The maximum atomic E-state index is 5.44. The molecule has 1 aromatic rings. The maximum absolute atomic E-state index is 5.44. The topological polar surface area (TPSA) is 43.4 Å². The van der Waals surface area contributed by atoms with Crippen LogP contribution in [0.15, 0.2) is 18.3 Å². The third kappa shape index (κ3) is 3.98. The van der Waals surface area contributed by atoms with Gasteiger partial charge < -0.3 is 14.8 Å². The van der Waals surface area contributed by atoms with Crippen molar-refractivity contribution in [2.75, 3.05) is 20.3 Å². The van der Waals surface area contributed by atoms with Crippen LogP contribution in [-0.2, 0) is 11.3 Å². The van der Waals surface area contributed by atoms with Crippen molar-refractivity contribution in [3.8, 4) is 5.88 Å². The molecule has 4 nitrogen and oxygen atoms in total. The monoisotopic (exact) mass is 236 g/mol. The highest BCUT2D eigenvalue weighted by Gasteiger charge is 2.11. The number of methoxy groups -OCH3 is 1. The fourth-order valence-electron chi connectivity index (χ4n) is 2.01. The summed E-state index contributed by atoms with van der Waals surface area (Å²) in [5, 5.41) is 3.55. The van der Waals surface area contributed by atoms with Crippen LogP contribution in [0, 0.1) is 0 Å². The van der Waals surface area contributed by atoms with Crippen LogP contribution in [0.3, 0.4) is 0 Å². The average Bonchev–Trinajstić information content (AvgIpc) is 2.65. The molecule has 0 radical (unpaired) electrons. The predicted octanol–water partition coefficient (Wildman–Crippen LogP) is 1.75. The minimum Gasteiger partial charge on any atom is -0.481 e. The Balaban J connectivity index is 1.79. The van der Waals surface area contributed by atoms with Gasteiger partial charge in [0.1, 0.15) is 0 Å². The fourth-order valence-corrected chi connectivity index (χ4v) is 2.01. The van der Waals surface area contributed by atoms with Gasteiger partial charge in [0.05, 0.1) is 7.11 Å². The Bertz CT molecular complexity index is 319. The number of ether oxygens (including phenoxy) is 2. The van der Waals surface area contributed by atoms with E-state index in [9.17, 15) is 0 Å². The SMILES string of the molecule is COc1ccc(CNC2CCCOCC2)cn1. The number of hydrogen-bond acceptors (Lipinski definition) is 4. The Morgan fingerprint density at radius 2 is 2.35 bits per heavy atom. The van der Waals surface area contributed by atoms with Gasteiger partial charge in [-0.15, -0.1) is 0 Å². The summed E-state index contributed by atoms with van der Waals surface area (Å²) in [7, 11) is 1.63. The first-order valence-corrected chi connectivity index (χ1v) is 6.18. The Labute approximate surface area is 102 Å². The molecule has 1 atom stereocenters. The molecule has 1 aromatic heterocycles. The number of nitrogens with one attached hydrogen (secondary N) is 1. The van der Waals surface area contributed by atoms with Gasteiger partial charge in [-0.05, 0) is 24.8 Å². The third-order valence-corrected chi connectivity index (χ3v) is 3.05. The van der Waals surface area contributed by atoms with Crippen molar-refractivity contribution in [3.05, 3.63) is 23.9 Å². The number of hydrogen-bond donors (Lipinski definition) is 1. The first kappa shape index (κ1) is 12.3. The Kier molecular flexibility index (Phi) is 4.76.